The van der Waals surface area contributed by atoms with Crippen LogP contribution in [0.3, 0.4) is 0 Å². The van der Waals surface area contributed by atoms with Crippen molar-refractivity contribution >= 4 is 29.3 Å². The van der Waals surface area contributed by atoms with Crippen LogP contribution in [-0.4, -0.2) is 27.8 Å². The largest absolute Gasteiger partial charge is 0.497 e. The summed E-state index contributed by atoms with van der Waals surface area (Å²) in [5, 5.41) is 4.11. The van der Waals surface area contributed by atoms with Crippen molar-refractivity contribution < 1.29 is 9.53 Å². The first kappa shape index (κ1) is 19.3. The van der Waals surface area contributed by atoms with Crippen LogP contribution in [0.25, 0.3) is 5.69 Å². The van der Waals surface area contributed by atoms with E-state index in [1.54, 1.807) is 13.3 Å². The molecule has 0 aliphatic heterocycles. The Morgan fingerprint density at radius 2 is 1.93 bits per heavy atom. The Morgan fingerprint density at radius 1 is 1.22 bits per heavy atom. The number of imidazole rings is 1. The first-order valence-electron chi connectivity index (χ1n) is 8.43. The zero-order chi connectivity index (χ0) is 19.2. The van der Waals surface area contributed by atoms with Crippen molar-refractivity contribution in [2.24, 2.45) is 0 Å². The van der Waals surface area contributed by atoms with E-state index in [2.05, 4.69) is 10.3 Å². The summed E-state index contributed by atoms with van der Waals surface area (Å²) >= 11 is 7.29. The summed E-state index contributed by atoms with van der Waals surface area (Å²) in [7, 11) is 1.64. The van der Waals surface area contributed by atoms with Crippen LogP contribution in [0, 0.1) is 0 Å². The van der Waals surface area contributed by atoms with Gasteiger partial charge >= 0.3 is 0 Å². The summed E-state index contributed by atoms with van der Waals surface area (Å²) in [5.41, 5.74) is 1.97. The fourth-order valence-corrected chi connectivity index (χ4v) is 3.50. The molecule has 27 heavy (non-hydrogen) atoms. The molecule has 1 N–H and O–H groups in total. The minimum absolute atomic E-state index is 0.0424. The number of thioether (sulfide) groups is 1. The van der Waals surface area contributed by atoms with Crippen molar-refractivity contribution in [1.29, 1.82) is 0 Å². The Hall–Kier alpha value is -2.44. The van der Waals surface area contributed by atoms with Gasteiger partial charge in [-0.05, 0) is 48.9 Å². The van der Waals surface area contributed by atoms with Crippen molar-refractivity contribution in [3.8, 4) is 11.4 Å². The molecule has 2 aromatic carbocycles. The van der Waals surface area contributed by atoms with E-state index >= 15 is 0 Å². The quantitative estimate of drug-likeness (QED) is 0.598. The third kappa shape index (κ3) is 5.05. The van der Waals surface area contributed by atoms with Crippen LogP contribution in [0.1, 0.15) is 12.5 Å². The summed E-state index contributed by atoms with van der Waals surface area (Å²) in [6.07, 6.45) is 3.60. The molecule has 0 bridgehead atoms. The van der Waals surface area contributed by atoms with Crippen LogP contribution < -0.4 is 10.1 Å². The van der Waals surface area contributed by atoms with Gasteiger partial charge in [0.05, 0.1) is 12.4 Å². The molecule has 0 radical (unpaired) electrons. The summed E-state index contributed by atoms with van der Waals surface area (Å²) in [4.78, 5) is 16.8. The van der Waals surface area contributed by atoms with Gasteiger partial charge in [0, 0.05) is 29.6 Å². The van der Waals surface area contributed by atoms with E-state index in [1.165, 1.54) is 11.8 Å². The van der Waals surface area contributed by atoms with Crippen LogP contribution in [-0.2, 0) is 11.3 Å². The molecule has 1 aromatic heterocycles. The number of nitrogens with zero attached hydrogens (tertiary/aromatic N) is 2. The molecule has 3 rings (SSSR count). The molecular formula is C20H20ClN3O2S. The number of hydrogen-bond acceptors (Lipinski definition) is 4. The van der Waals surface area contributed by atoms with Crippen molar-refractivity contribution in [1.82, 2.24) is 14.9 Å². The summed E-state index contributed by atoms with van der Waals surface area (Å²) in [6.45, 7) is 2.34. The molecule has 5 nitrogen and oxygen atoms in total. The smallest absolute Gasteiger partial charge is 0.233 e. The van der Waals surface area contributed by atoms with Crippen LogP contribution in [0.15, 0.2) is 66.1 Å². The van der Waals surface area contributed by atoms with Crippen LogP contribution in [0.4, 0.5) is 0 Å². The highest BCUT2D eigenvalue weighted by molar-refractivity contribution is 8.00. The lowest BCUT2D eigenvalue weighted by molar-refractivity contribution is -0.120. The van der Waals surface area contributed by atoms with Crippen LogP contribution in [0.5, 0.6) is 5.75 Å². The highest BCUT2D eigenvalue weighted by Crippen LogP contribution is 2.25. The average molecular weight is 402 g/mol. The number of amides is 1. The van der Waals surface area contributed by atoms with Gasteiger partial charge < -0.3 is 10.1 Å². The Kier molecular flexibility index (Phi) is 6.42. The lowest BCUT2D eigenvalue weighted by Crippen LogP contribution is -2.30. The average Bonchev–Trinajstić information content (AvgIpc) is 3.15. The van der Waals surface area contributed by atoms with E-state index in [0.717, 1.165) is 22.2 Å². The molecule has 7 heteroatoms. The number of nitrogens with one attached hydrogen (secondary N) is 1. The van der Waals surface area contributed by atoms with Crippen LogP contribution in [0.2, 0.25) is 5.02 Å². The number of rotatable bonds is 7. The first-order chi connectivity index (χ1) is 13.1. The number of halogens is 1. The Labute approximate surface area is 167 Å². The third-order valence-corrected chi connectivity index (χ3v) is 5.32. The van der Waals surface area contributed by atoms with Gasteiger partial charge in [0.2, 0.25) is 5.91 Å². The summed E-state index contributed by atoms with van der Waals surface area (Å²) in [6, 6.07) is 15.1. The second-order valence-corrected chi connectivity index (χ2v) is 7.63. The molecule has 1 amide bonds. The second kappa shape index (κ2) is 8.97. The second-order valence-electron chi connectivity index (χ2n) is 5.88. The minimum Gasteiger partial charge on any atom is -0.497 e. The molecule has 1 atom stereocenters. The molecule has 1 heterocycles. The van der Waals surface area contributed by atoms with E-state index in [-0.39, 0.29) is 11.2 Å². The molecule has 0 fully saturated rings. The van der Waals surface area contributed by atoms with E-state index in [0.29, 0.717) is 11.6 Å². The van der Waals surface area contributed by atoms with E-state index in [4.69, 9.17) is 16.3 Å². The van der Waals surface area contributed by atoms with Gasteiger partial charge in [-0.1, -0.05) is 35.5 Å². The number of hydrogen-bond donors (Lipinski definition) is 1. The summed E-state index contributed by atoms with van der Waals surface area (Å²) in [5.74, 6) is 0.752. The third-order valence-electron chi connectivity index (χ3n) is 3.99. The monoisotopic (exact) mass is 401 g/mol. The van der Waals surface area contributed by atoms with Gasteiger partial charge in [0.15, 0.2) is 5.16 Å². The highest BCUT2D eigenvalue weighted by atomic mass is 35.5. The zero-order valence-electron chi connectivity index (χ0n) is 15.1. The number of methoxy groups -OCH3 is 1. The Bertz CT molecular complexity index is 894. The lowest BCUT2D eigenvalue weighted by Gasteiger charge is -2.13. The molecule has 0 aliphatic carbocycles. The Morgan fingerprint density at radius 3 is 2.59 bits per heavy atom. The van der Waals surface area contributed by atoms with E-state index < -0.39 is 0 Å². The van der Waals surface area contributed by atoms with Crippen LogP contribution >= 0.6 is 23.4 Å². The SMILES string of the molecule is COc1ccc(-n2ccnc2SC(C)C(=O)NCc2ccc(Cl)cc2)cc1. The van der Waals surface area contributed by atoms with Gasteiger partial charge in [-0.3, -0.25) is 9.36 Å². The zero-order valence-corrected chi connectivity index (χ0v) is 16.6. The maximum absolute atomic E-state index is 12.4. The topological polar surface area (TPSA) is 56.2 Å². The number of carbonyl (C=O) groups excluding carboxylic acids is 1. The van der Waals surface area contributed by atoms with E-state index in [1.807, 2.05) is 66.2 Å². The highest BCUT2D eigenvalue weighted by Gasteiger charge is 2.17. The maximum Gasteiger partial charge on any atom is 0.233 e. The Balaban J connectivity index is 1.62. The van der Waals surface area contributed by atoms with Gasteiger partial charge in [0.1, 0.15) is 5.75 Å². The van der Waals surface area contributed by atoms with Crippen molar-refractivity contribution in [2.75, 3.05) is 7.11 Å². The number of aromatic nitrogens is 2. The van der Waals surface area contributed by atoms with E-state index in [9.17, 15) is 4.79 Å². The molecule has 3 aromatic rings. The molecule has 0 aliphatic rings. The van der Waals surface area contributed by atoms with Gasteiger partial charge in [-0.2, -0.15) is 0 Å². The normalized spacial score (nSPS) is 11.8. The molecule has 0 saturated heterocycles. The molecule has 1 unspecified atom stereocenters. The molecule has 0 saturated carbocycles. The fourth-order valence-electron chi connectivity index (χ4n) is 2.46. The van der Waals surface area contributed by atoms with Crippen molar-refractivity contribution in [3.63, 3.8) is 0 Å². The van der Waals surface area contributed by atoms with Crippen molar-refractivity contribution in [2.45, 2.75) is 23.9 Å². The van der Waals surface area contributed by atoms with Gasteiger partial charge in [0.25, 0.3) is 0 Å². The fraction of sp³-hybridized carbons (Fsp3) is 0.200. The van der Waals surface area contributed by atoms with Gasteiger partial charge in [-0.15, -0.1) is 0 Å². The molecular weight excluding hydrogens is 382 g/mol. The maximum atomic E-state index is 12.4. The molecule has 140 valence electrons. The minimum atomic E-state index is -0.281. The number of carbonyl (C=O) groups is 1. The number of ether oxygens (including phenoxy) is 1. The predicted molar refractivity (Wildman–Crippen MR) is 109 cm³/mol. The predicted octanol–water partition coefficient (Wildman–Crippen LogP) is 4.33. The van der Waals surface area contributed by atoms with Gasteiger partial charge in [-0.25, -0.2) is 4.98 Å². The summed E-state index contributed by atoms with van der Waals surface area (Å²) < 4.78 is 7.14. The number of benzene rings is 2. The van der Waals surface area contributed by atoms with Crippen molar-refractivity contribution in [3.05, 3.63) is 71.5 Å². The lowest BCUT2D eigenvalue weighted by atomic mass is 10.2. The first-order valence-corrected chi connectivity index (χ1v) is 9.69. The standard InChI is InChI=1S/C20H20ClN3O2S/c1-14(19(25)23-13-15-3-5-16(21)6-4-15)27-20-22-11-12-24(20)17-7-9-18(26-2)10-8-17/h3-12,14H,13H2,1-2H3,(H,23,25). The molecule has 0 spiro atoms.